The van der Waals surface area contributed by atoms with Crippen LogP contribution in [0.1, 0.15) is 16.1 Å². The third-order valence-electron chi connectivity index (χ3n) is 3.70. The van der Waals surface area contributed by atoms with Gasteiger partial charge in [0.25, 0.3) is 5.91 Å². The maximum Gasteiger partial charge on any atom is 0.355 e. The van der Waals surface area contributed by atoms with E-state index in [4.69, 9.17) is 18.9 Å². The van der Waals surface area contributed by atoms with E-state index in [1.165, 1.54) is 21.3 Å². The second-order valence-corrected chi connectivity index (χ2v) is 5.39. The molecule has 0 aliphatic heterocycles. The highest BCUT2D eigenvalue weighted by molar-refractivity contribution is 5.89. The molecule has 0 radical (unpaired) electrons. The van der Waals surface area contributed by atoms with Crippen molar-refractivity contribution in [2.24, 2.45) is 7.05 Å². The molecule has 1 aromatic heterocycles. The molecule has 1 amide bonds. The van der Waals surface area contributed by atoms with Gasteiger partial charge in [0.1, 0.15) is 5.69 Å². The minimum atomic E-state index is -0.555. The molecule has 26 heavy (non-hydrogen) atoms. The summed E-state index contributed by atoms with van der Waals surface area (Å²) in [5.41, 5.74) is 1.13. The standard InChI is InChI=1S/C18H22N2O6/c1-20-7-5-6-13(20)18(22)26-11-16(21)19-10-12-8-14(23-2)17(25-4)15(9-12)24-3/h5-9H,10-11H2,1-4H3,(H,19,21). The van der Waals surface area contributed by atoms with Crippen LogP contribution >= 0.6 is 0 Å². The van der Waals surface area contributed by atoms with Crippen LogP contribution in [0.15, 0.2) is 30.5 Å². The Morgan fingerprint density at radius 1 is 1.08 bits per heavy atom. The zero-order chi connectivity index (χ0) is 19.1. The summed E-state index contributed by atoms with van der Waals surface area (Å²) in [5, 5.41) is 2.68. The number of amides is 1. The number of esters is 1. The molecule has 0 saturated carbocycles. The van der Waals surface area contributed by atoms with Crippen LogP contribution in [0, 0.1) is 0 Å². The topological polar surface area (TPSA) is 88.0 Å². The summed E-state index contributed by atoms with van der Waals surface area (Å²) >= 11 is 0. The van der Waals surface area contributed by atoms with Gasteiger partial charge in [0.15, 0.2) is 18.1 Å². The van der Waals surface area contributed by atoms with Crippen molar-refractivity contribution >= 4 is 11.9 Å². The summed E-state index contributed by atoms with van der Waals surface area (Å²) in [4.78, 5) is 23.8. The van der Waals surface area contributed by atoms with Crippen molar-refractivity contribution in [1.82, 2.24) is 9.88 Å². The minimum absolute atomic E-state index is 0.219. The van der Waals surface area contributed by atoms with Gasteiger partial charge in [-0.25, -0.2) is 4.79 Å². The molecule has 0 aliphatic rings. The molecule has 1 aromatic carbocycles. The van der Waals surface area contributed by atoms with Gasteiger partial charge in [-0.1, -0.05) is 0 Å². The van der Waals surface area contributed by atoms with Gasteiger partial charge in [0.2, 0.25) is 5.75 Å². The molecule has 0 aliphatic carbocycles. The zero-order valence-electron chi connectivity index (χ0n) is 15.2. The predicted molar refractivity (Wildman–Crippen MR) is 93.6 cm³/mol. The van der Waals surface area contributed by atoms with Gasteiger partial charge in [-0.2, -0.15) is 0 Å². The molecule has 1 N–H and O–H groups in total. The number of rotatable bonds is 8. The normalized spacial score (nSPS) is 10.2. The number of aryl methyl sites for hydroxylation is 1. The third kappa shape index (κ3) is 4.47. The number of benzene rings is 1. The van der Waals surface area contributed by atoms with Crippen LogP contribution in [-0.2, 0) is 23.1 Å². The van der Waals surface area contributed by atoms with Crippen molar-refractivity contribution in [3.8, 4) is 17.2 Å². The number of methoxy groups -OCH3 is 3. The van der Waals surface area contributed by atoms with Crippen molar-refractivity contribution in [3.63, 3.8) is 0 Å². The van der Waals surface area contributed by atoms with Crippen molar-refractivity contribution in [2.45, 2.75) is 6.54 Å². The molecule has 140 valence electrons. The van der Waals surface area contributed by atoms with Gasteiger partial charge in [0, 0.05) is 19.8 Å². The van der Waals surface area contributed by atoms with Crippen LogP contribution in [0.4, 0.5) is 0 Å². The van der Waals surface area contributed by atoms with E-state index in [1.807, 2.05) is 0 Å². The number of carbonyl (C=O) groups excluding carboxylic acids is 2. The number of hydrogen-bond acceptors (Lipinski definition) is 6. The Labute approximate surface area is 151 Å². The van der Waals surface area contributed by atoms with E-state index >= 15 is 0 Å². The Hall–Kier alpha value is -3.16. The summed E-state index contributed by atoms with van der Waals surface area (Å²) in [6.07, 6.45) is 1.72. The maximum absolute atomic E-state index is 11.9. The first-order valence-corrected chi connectivity index (χ1v) is 7.84. The average molecular weight is 362 g/mol. The Bertz CT molecular complexity index is 759. The number of carbonyl (C=O) groups is 2. The molecule has 0 unspecified atom stereocenters. The smallest absolute Gasteiger partial charge is 0.355 e. The van der Waals surface area contributed by atoms with Crippen LogP contribution < -0.4 is 19.5 Å². The summed E-state index contributed by atoms with van der Waals surface area (Å²) in [6, 6.07) is 6.81. The Kier molecular flexibility index (Phi) is 6.48. The highest BCUT2D eigenvalue weighted by atomic mass is 16.5. The average Bonchev–Trinajstić information content (AvgIpc) is 3.09. The molecule has 0 atom stereocenters. The predicted octanol–water partition coefficient (Wildman–Crippen LogP) is 1.52. The van der Waals surface area contributed by atoms with Crippen LogP contribution in [0.2, 0.25) is 0 Å². The summed E-state index contributed by atoms with van der Waals surface area (Å²) in [6.45, 7) is -0.147. The Balaban J connectivity index is 1.93. The molecule has 8 nitrogen and oxygen atoms in total. The van der Waals surface area contributed by atoms with Crippen LogP contribution in [0.25, 0.3) is 0 Å². The summed E-state index contributed by atoms with van der Waals surface area (Å²) in [7, 11) is 6.27. The molecule has 0 spiro atoms. The number of nitrogens with zero attached hydrogens (tertiary/aromatic N) is 1. The number of aromatic nitrogens is 1. The van der Waals surface area contributed by atoms with Gasteiger partial charge in [-0.05, 0) is 29.8 Å². The van der Waals surface area contributed by atoms with Crippen molar-refractivity contribution < 1.29 is 28.5 Å². The fourth-order valence-electron chi connectivity index (χ4n) is 2.37. The monoisotopic (exact) mass is 362 g/mol. The molecule has 8 heteroatoms. The van der Waals surface area contributed by atoms with Crippen molar-refractivity contribution in [2.75, 3.05) is 27.9 Å². The van der Waals surface area contributed by atoms with E-state index in [-0.39, 0.29) is 13.2 Å². The lowest BCUT2D eigenvalue weighted by Crippen LogP contribution is -2.28. The highest BCUT2D eigenvalue weighted by Gasteiger charge is 2.15. The molecule has 2 rings (SSSR count). The fourth-order valence-corrected chi connectivity index (χ4v) is 2.37. The van der Waals surface area contributed by atoms with E-state index in [2.05, 4.69) is 5.32 Å². The summed E-state index contributed by atoms with van der Waals surface area (Å²) in [5.74, 6) is 0.487. The molecule has 1 heterocycles. The van der Waals surface area contributed by atoms with E-state index in [0.29, 0.717) is 22.9 Å². The fraction of sp³-hybridized carbons (Fsp3) is 0.333. The molecule has 0 fully saturated rings. The molecule has 2 aromatic rings. The first-order valence-electron chi connectivity index (χ1n) is 7.84. The molecular formula is C18H22N2O6. The van der Waals surface area contributed by atoms with Crippen molar-refractivity contribution in [3.05, 3.63) is 41.7 Å². The molecule has 0 saturated heterocycles. The quantitative estimate of drug-likeness (QED) is 0.717. The van der Waals surface area contributed by atoms with Crippen molar-refractivity contribution in [1.29, 1.82) is 0 Å². The largest absolute Gasteiger partial charge is 0.493 e. The van der Waals surface area contributed by atoms with Gasteiger partial charge < -0.3 is 28.8 Å². The number of nitrogens with one attached hydrogen (secondary N) is 1. The van der Waals surface area contributed by atoms with Crippen LogP contribution in [0.5, 0.6) is 17.2 Å². The molecule has 0 bridgehead atoms. The number of hydrogen-bond donors (Lipinski definition) is 1. The van der Waals surface area contributed by atoms with Crippen LogP contribution in [-0.4, -0.2) is 44.4 Å². The van der Waals surface area contributed by atoms with E-state index in [1.54, 1.807) is 42.1 Å². The van der Waals surface area contributed by atoms with E-state index in [0.717, 1.165) is 5.56 Å². The number of ether oxygens (including phenoxy) is 4. The lowest BCUT2D eigenvalue weighted by atomic mass is 10.1. The summed E-state index contributed by atoms with van der Waals surface area (Å²) < 4.78 is 22.4. The second-order valence-electron chi connectivity index (χ2n) is 5.39. The lowest BCUT2D eigenvalue weighted by Gasteiger charge is -2.14. The van der Waals surface area contributed by atoms with Gasteiger partial charge >= 0.3 is 5.97 Å². The van der Waals surface area contributed by atoms with Gasteiger partial charge in [-0.15, -0.1) is 0 Å². The van der Waals surface area contributed by atoms with E-state index < -0.39 is 11.9 Å². The minimum Gasteiger partial charge on any atom is -0.493 e. The van der Waals surface area contributed by atoms with Gasteiger partial charge in [0.05, 0.1) is 21.3 Å². The van der Waals surface area contributed by atoms with Gasteiger partial charge in [-0.3, -0.25) is 4.79 Å². The zero-order valence-corrected chi connectivity index (χ0v) is 15.2. The highest BCUT2D eigenvalue weighted by Crippen LogP contribution is 2.38. The lowest BCUT2D eigenvalue weighted by molar-refractivity contribution is -0.124. The first-order chi connectivity index (χ1) is 12.5. The Morgan fingerprint density at radius 2 is 1.73 bits per heavy atom. The van der Waals surface area contributed by atoms with E-state index in [9.17, 15) is 9.59 Å². The SMILES string of the molecule is COc1cc(CNC(=O)COC(=O)c2cccn2C)cc(OC)c1OC. The Morgan fingerprint density at radius 3 is 2.23 bits per heavy atom. The first kappa shape index (κ1) is 19.2. The second kappa shape index (κ2) is 8.80. The molecular weight excluding hydrogens is 340 g/mol. The maximum atomic E-state index is 11.9. The van der Waals surface area contributed by atoms with Crippen LogP contribution in [0.3, 0.4) is 0 Å². The third-order valence-corrected chi connectivity index (χ3v) is 3.70.